The molecule has 0 spiro atoms. The van der Waals surface area contributed by atoms with Crippen LogP contribution < -0.4 is 5.32 Å². The first-order valence-corrected chi connectivity index (χ1v) is 8.89. The molecule has 0 saturated carbocycles. The van der Waals surface area contributed by atoms with Crippen LogP contribution in [-0.2, 0) is 14.6 Å². The minimum absolute atomic E-state index is 0.0794. The standard InChI is InChI=1S/C12H16N2O4S2/c1-7-11(8(2)15)19-12(13-7)14-10(16)5-9-3-4-20(17,18)6-9/h9H,3-6H2,1-2H3,(H,13,14,16). The van der Waals surface area contributed by atoms with Crippen LogP contribution in [-0.4, -0.2) is 36.6 Å². The SMILES string of the molecule is CC(=O)c1sc(NC(=O)CC2CCS(=O)(=O)C2)nc1C. The van der Waals surface area contributed by atoms with Gasteiger partial charge in [-0.25, -0.2) is 13.4 Å². The molecule has 110 valence electrons. The molecule has 1 N–H and O–H groups in total. The van der Waals surface area contributed by atoms with Gasteiger partial charge in [-0.2, -0.15) is 0 Å². The Morgan fingerprint density at radius 1 is 1.45 bits per heavy atom. The van der Waals surface area contributed by atoms with E-state index in [2.05, 4.69) is 10.3 Å². The number of carbonyl (C=O) groups excluding carboxylic acids is 2. The Hall–Kier alpha value is -1.28. The molecule has 8 heteroatoms. The number of hydrogen-bond acceptors (Lipinski definition) is 6. The van der Waals surface area contributed by atoms with Gasteiger partial charge in [0.25, 0.3) is 0 Å². The van der Waals surface area contributed by atoms with Crippen LogP contribution in [0.25, 0.3) is 0 Å². The molecule has 0 radical (unpaired) electrons. The molecule has 1 aromatic heterocycles. The van der Waals surface area contributed by atoms with Crippen LogP contribution in [0.5, 0.6) is 0 Å². The van der Waals surface area contributed by atoms with Crippen LogP contribution in [0, 0.1) is 12.8 Å². The molecule has 1 atom stereocenters. The van der Waals surface area contributed by atoms with E-state index in [1.807, 2.05) is 0 Å². The minimum Gasteiger partial charge on any atom is -0.302 e. The lowest BCUT2D eigenvalue weighted by atomic mass is 10.1. The Morgan fingerprint density at radius 3 is 2.65 bits per heavy atom. The lowest BCUT2D eigenvalue weighted by Crippen LogP contribution is -2.17. The van der Waals surface area contributed by atoms with Gasteiger partial charge in [0.05, 0.1) is 22.1 Å². The van der Waals surface area contributed by atoms with E-state index in [1.54, 1.807) is 6.92 Å². The Labute approximate surface area is 121 Å². The lowest BCUT2D eigenvalue weighted by molar-refractivity contribution is -0.116. The van der Waals surface area contributed by atoms with Gasteiger partial charge in [0.2, 0.25) is 5.91 Å². The van der Waals surface area contributed by atoms with Gasteiger partial charge in [-0.05, 0) is 19.3 Å². The summed E-state index contributed by atoms with van der Waals surface area (Å²) >= 11 is 1.14. The summed E-state index contributed by atoms with van der Waals surface area (Å²) in [5.74, 6) is -0.210. The van der Waals surface area contributed by atoms with E-state index in [0.717, 1.165) is 11.3 Å². The second kappa shape index (κ2) is 5.61. The Kier molecular flexibility index (Phi) is 4.24. The first-order valence-electron chi connectivity index (χ1n) is 6.25. The number of aryl methyl sites for hydroxylation is 1. The van der Waals surface area contributed by atoms with E-state index >= 15 is 0 Å². The molecule has 1 unspecified atom stereocenters. The van der Waals surface area contributed by atoms with Gasteiger partial charge in [-0.1, -0.05) is 11.3 Å². The maximum absolute atomic E-state index is 11.8. The summed E-state index contributed by atoms with van der Waals surface area (Å²) in [6.45, 7) is 3.17. The van der Waals surface area contributed by atoms with Gasteiger partial charge in [0.15, 0.2) is 20.8 Å². The Bertz CT molecular complexity index is 648. The highest BCUT2D eigenvalue weighted by Gasteiger charge is 2.29. The van der Waals surface area contributed by atoms with Crippen molar-refractivity contribution in [3.63, 3.8) is 0 Å². The highest BCUT2D eigenvalue weighted by molar-refractivity contribution is 7.91. The number of Topliss-reactive ketones (excluding diaryl/α,β-unsaturated/α-hetero) is 1. The number of thiazole rings is 1. The third-order valence-corrected chi connectivity index (χ3v) is 6.17. The predicted molar refractivity (Wildman–Crippen MR) is 76.9 cm³/mol. The summed E-state index contributed by atoms with van der Waals surface area (Å²) in [6, 6.07) is 0. The number of hydrogen-bond donors (Lipinski definition) is 1. The zero-order chi connectivity index (χ0) is 14.9. The zero-order valence-corrected chi connectivity index (χ0v) is 12.9. The number of nitrogens with zero attached hydrogens (tertiary/aromatic N) is 1. The third kappa shape index (κ3) is 3.63. The molecule has 1 amide bonds. The van der Waals surface area contributed by atoms with E-state index in [1.165, 1.54) is 6.92 Å². The number of sulfone groups is 1. The molecule has 1 aliphatic rings. The molecule has 1 fully saturated rings. The van der Waals surface area contributed by atoms with Crippen LogP contribution in [0.4, 0.5) is 5.13 Å². The van der Waals surface area contributed by atoms with E-state index in [-0.39, 0.29) is 35.5 Å². The average Bonchev–Trinajstić information content (AvgIpc) is 2.81. The first-order chi connectivity index (χ1) is 9.27. The summed E-state index contributed by atoms with van der Waals surface area (Å²) in [4.78, 5) is 27.8. The number of ketones is 1. The van der Waals surface area contributed by atoms with Crippen LogP contribution in [0.2, 0.25) is 0 Å². The zero-order valence-electron chi connectivity index (χ0n) is 11.3. The topological polar surface area (TPSA) is 93.2 Å². The highest BCUT2D eigenvalue weighted by Crippen LogP contribution is 2.25. The fourth-order valence-electron chi connectivity index (χ4n) is 2.24. The van der Waals surface area contributed by atoms with E-state index in [4.69, 9.17) is 0 Å². The smallest absolute Gasteiger partial charge is 0.226 e. The molecule has 2 rings (SSSR count). The van der Waals surface area contributed by atoms with E-state index in [9.17, 15) is 18.0 Å². The number of nitrogens with one attached hydrogen (secondary N) is 1. The molecule has 0 aromatic carbocycles. The number of anilines is 1. The number of carbonyl (C=O) groups is 2. The molecular weight excluding hydrogens is 300 g/mol. The van der Waals surface area contributed by atoms with Crippen LogP contribution in [0.1, 0.15) is 35.1 Å². The fraction of sp³-hybridized carbons (Fsp3) is 0.583. The van der Waals surface area contributed by atoms with Crippen molar-refractivity contribution in [3.8, 4) is 0 Å². The third-order valence-electron chi connectivity index (χ3n) is 3.16. The fourth-order valence-corrected chi connectivity index (χ4v) is 4.98. The van der Waals surface area contributed by atoms with Crippen molar-refractivity contribution >= 4 is 38.0 Å². The molecular formula is C12H16N2O4S2. The summed E-state index contributed by atoms with van der Waals surface area (Å²) in [6.07, 6.45) is 0.707. The van der Waals surface area contributed by atoms with Crippen molar-refractivity contribution in [2.24, 2.45) is 5.92 Å². The van der Waals surface area contributed by atoms with Gasteiger partial charge in [-0.3, -0.25) is 9.59 Å². The van der Waals surface area contributed by atoms with Gasteiger partial charge < -0.3 is 5.32 Å². The summed E-state index contributed by atoms with van der Waals surface area (Å²) < 4.78 is 22.6. The second-order valence-electron chi connectivity index (χ2n) is 5.01. The van der Waals surface area contributed by atoms with Gasteiger partial charge in [0, 0.05) is 13.3 Å². The number of rotatable bonds is 4. The molecule has 1 aromatic rings. The maximum Gasteiger partial charge on any atom is 0.226 e. The molecule has 0 aliphatic carbocycles. The maximum atomic E-state index is 11.8. The number of amides is 1. The monoisotopic (exact) mass is 316 g/mol. The van der Waals surface area contributed by atoms with Crippen LogP contribution in [0.3, 0.4) is 0 Å². The molecule has 6 nitrogen and oxygen atoms in total. The Balaban J connectivity index is 1.95. The molecule has 20 heavy (non-hydrogen) atoms. The molecule has 2 heterocycles. The van der Waals surface area contributed by atoms with Crippen LogP contribution in [0.15, 0.2) is 0 Å². The van der Waals surface area contributed by atoms with E-state index in [0.29, 0.717) is 22.1 Å². The van der Waals surface area contributed by atoms with Crippen LogP contribution >= 0.6 is 11.3 Å². The highest BCUT2D eigenvalue weighted by atomic mass is 32.2. The summed E-state index contributed by atoms with van der Waals surface area (Å²) in [7, 11) is -2.97. The van der Waals surface area contributed by atoms with Gasteiger partial charge in [-0.15, -0.1) is 0 Å². The normalized spacial score (nSPS) is 20.8. The van der Waals surface area contributed by atoms with Gasteiger partial charge in [0.1, 0.15) is 0 Å². The minimum atomic E-state index is -2.97. The summed E-state index contributed by atoms with van der Waals surface area (Å²) in [5, 5.41) is 3.02. The van der Waals surface area contributed by atoms with Gasteiger partial charge >= 0.3 is 0 Å². The average molecular weight is 316 g/mol. The first kappa shape index (κ1) is 15.1. The quantitative estimate of drug-likeness (QED) is 0.848. The molecule has 0 bridgehead atoms. The van der Waals surface area contributed by atoms with Crippen molar-refractivity contribution in [1.29, 1.82) is 0 Å². The van der Waals surface area contributed by atoms with Crippen molar-refractivity contribution < 1.29 is 18.0 Å². The Morgan fingerprint density at radius 2 is 2.15 bits per heavy atom. The number of aromatic nitrogens is 1. The molecule has 1 saturated heterocycles. The second-order valence-corrected chi connectivity index (χ2v) is 8.24. The van der Waals surface area contributed by atoms with Crippen molar-refractivity contribution in [1.82, 2.24) is 4.98 Å². The molecule has 1 aliphatic heterocycles. The van der Waals surface area contributed by atoms with Crippen molar-refractivity contribution in [3.05, 3.63) is 10.6 Å². The largest absolute Gasteiger partial charge is 0.302 e. The van der Waals surface area contributed by atoms with E-state index < -0.39 is 9.84 Å². The van der Waals surface area contributed by atoms with Crippen molar-refractivity contribution in [2.75, 3.05) is 16.8 Å². The predicted octanol–water partition coefficient (Wildman–Crippen LogP) is 1.42. The van der Waals surface area contributed by atoms with Crippen molar-refractivity contribution in [2.45, 2.75) is 26.7 Å². The summed E-state index contributed by atoms with van der Waals surface area (Å²) in [5.41, 5.74) is 0.598. The lowest BCUT2D eigenvalue weighted by Gasteiger charge is -2.06.